The number of benzene rings is 2. The van der Waals surface area contributed by atoms with E-state index in [4.69, 9.17) is 15.2 Å². The molecule has 0 aliphatic rings. The summed E-state index contributed by atoms with van der Waals surface area (Å²) in [5.74, 6) is 1.45. The van der Waals surface area contributed by atoms with E-state index in [2.05, 4.69) is 0 Å². The third kappa shape index (κ3) is 3.13. The van der Waals surface area contributed by atoms with E-state index < -0.39 is 0 Å². The summed E-state index contributed by atoms with van der Waals surface area (Å²) >= 11 is 0. The van der Waals surface area contributed by atoms with Crippen molar-refractivity contribution in [2.75, 3.05) is 12.3 Å². The maximum absolute atomic E-state index is 12.8. The molecule has 0 aliphatic heterocycles. The second-order valence-electron chi connectivity index (χ2n) is 3.73. The second kappa shape index (κ2) is 5.40. The van der Waals surface area contributed by atoms with Gasteiger partial charge in [0.05, 0.1) is 6.61 Å². The monoisotopic (exact) mass is 247 g/mol. The summed E-state index contributed by atoms with van der Waals surface area (Å²) in [6.45, 7) is 2.45. The van der Waals surface area contributed by atoms with Crippen LogP contribution in [0.4, 0.5) is 10.1 Å². The Bertz CT molecular complexity index is 526. The topological polar surface area (TPSA) is 44.5 Å². The summed E-state index contributed by atoms with van der Waals surface area (Å²) in [6.07, 6.45) is 0. The number of hydrogen-bond acceptors (Lipinski definition) is 3. The van der Waals surface area contributed by atoms with Crippen LogP contribution in [0.25, 0.3) is 0 Å². The van der Waals surface area contributed by atoms with Crippen molar-refractivity contribution in [3.05, 3.63) is 48.3 Å². The van der Waals surface area contributed by atoms with Crippen molar-refractivity contribution in [1.82, 2.24) is 0 Å². The first-order chi connectivity index (χ1) is 8.67. The predicted molar refractivity (Wildman–Crippen MR) is 68.5 cm³/mol. The molecule has 0 aliphatic carbocycles. The number of hydrogen-bond donors (Lipinski definition) is 1. The van der Waals surface area contributed by atoms with Crippen LogP contribution in [0.3, 0.4) is 0 Å². The maximum Gasteiger partial charge on any atom is 0.133 e. The molecule has 2 aromatic carbocycles. The van der Waals surface area contributed by atoms with Crippen molar-refractivity contribution in [2.24, 2.45) is 0 Å². The Morgan fingerprint density at radius 1 is 1.00 bits per heavy atom. The molecular weight excluding hydrogens is 233 g/mol. The van der Waals surface area contributed by atoms with Crippen molar-refractivity contribution in [2.45, 2.75) is 6.92 Å². The van der Waals surface area contributed by atoms with Gasteiger partial charge in [-0.3, -0.25) is 0 Å². The molecule has 0 radical (unpaired) electrons. The highest BCUT2D eigenvalue weighted by Crippen LogP contribution is 2.28. The Balaban J connectivity index is 2.20. The first-order valence-electron chi connectivity index (χ1n) is 5.64. The molecule has 0 saturated carbocycles. The third-order valence-electron chi connectivity index (χ3n) is 2.26. The summed E-state index contributed by atoms with van der Waals surface area (Å²) in [4.78, 5) is 0. The molecule has 2 aromatic rings. The molecular formula is C14H14FNO2. The standard InChI is InChI=1S/C14H14FNO2/c1-2-17-13-7-11(16)8-14(9-13)18-12-5-3-10(15)4-6-12/h3-9H,2,16H2,1H3. The van der Waals surface area contributed by atoms with Gasteiger partial charge in [0.15, 0.2) is 0 Å². The lowest BCUT2D eigenvalue weighted by atomic mass is 10.3. The largest absolute Gasteiger partial charge is 0.494 e. The second-order valence-corrected chi connectivity index (χ2v) is 3.73. The first kappa shape index (κ1) is 12.2. The van der Waals surface area contributed by atoms with Crippen LogP contribution in [0, 0.1) is 5.82 Å². The molecule has 3 nitrogen and oxygen atoms in total. The Kier molecular flexibility index (Phi) is 3.67. The van der Waals surface area contributed by atoms with E-state index in [1.165, 1.54) is 12.1 Å². The SMILES string of the molecule is CCOc1cc(N)cc(Oc2ccc(F)cc2)c1. The number of ether oxygens (including phenoxy) is 2. The van der Waals surface area contributed by atoms with Crippen LogP contribution >= 0.6 is 0 Å². The van der Waals surface area contributed by atoms with Crippen molar-refractivity contribution in [1.29, 1.82) is 0 Å². The van der Waals surface area contributed by atoms with Gasteiger partial charge in [-0.25, -0.2) is 4.39 Å². The smallest absolute Gasteiger partial charge is 0.133 e. The maximum atomic E-state index is 12.8. The number of halogens is 1. The van der Waals surface area contributed by atoms with Crippen molar-refractivity contribution in [3.63, 3.8) is 0 Å². The van der Waals surface area contributed by atoms with E-state index in [0.717, 1.165) is 0 Å². The number of anilines is 1. The fourth-order valence-electron chi connectivity index (χ4n) is 1.54. The Hall–Kier alpha value is -2.23. The van der Waals surface area contributed by atoms with Gasteiger partial charge in [-0.05, 0) is 31.2 Å². The van der Waals surface area contributed by atoms with Gasteiger partial charge in [0.1, 0.15) is 23.1 Å². The Morgan fingerprint density at radius 3 is 2.33 bits per heavy atom. The number of nitrogens with two attached hydrogens (primary N) is 1. The lowest BCUT2D eigenvalue weighted by molar-refractivity contribution is 0.338. The molecule has 2 N–H and O–H groups in total. The zero-order chi connectivity index (χ0) is 13.0. The fraction of sp³-hybridized carbons (Fsp3) is 0.143. The summed E-state index contributed by atoms with van der Waals surface area (Å²) in [6, 6.07) is 10.9. The molecule has 4 heteroatoms. The normalized spacial score (nSPS) is 10.1. The zero-order valence-corrected chi connectivity index (χ0v) is 10.0. The van der Waals surface area contributed by atoms with Crippen molar-refractivity contribution in [3.8, 4) is 17.2 Å². The molecule has 94 valence electrons. The van der Waals surface area contributed by atoms with Gasteiger partial charge in [-0.1, -0.05) is 0 Å². The molecule has 18 heavy (non-hydrogen) atoms. The van der Waals surface area contributed by atoms with Crippen LogP contribution in [-0.2, 0) is 0 Å². The minimum atomic E-state index is -0.301. The minimum Gasteiger partial charge on any atom is -0.494 e. The van der Waals surface area contributed by atoms with Gasteiger partial charge < -0.3 is 15.2 Å². The van der Waals surface area contributed by atoms with E-state index in [0.29, 0.717) is 29.5 Å². The van der Waals surface area contributed by atoms with Gasteiger partial charge >= 0.3 is 0 Å². The van der Waals surface area contributed by atoms with Crippen LogP contribution < -0.4 is 15.2 Å². The summed E-state index contributed by atoms with van der Waals surface area (Å²) in [7, 11) is 0. The quantitative estimate of drug-likeness (QED) is 0.839. The predicted octanol–water partition coefficient (Wildman–Crippen LogP) is 3.60. The molecule has 2 rings (SSSR count). The third-order valence-corrected chi connectivity index (χ3v) is 2.26. The summed E-state index contributed by atoms with van der Waals surface area (Å²) in [5, 5.41) is 0. The molecule has 0 atom stereocenters. The van der Waals surface area contributed by atoms with Crippen LogP contribution in [0.2, 0.25) is 0 Å². The van der Waals surface area contributed by atoms with Crippen LogP contribution in [0.1, 0.15) is 6.92 Å². The van der Waals surface area contributed by atoms with Gasteiger partial charge in [0, 0.05) is 23.9 Å². The molecule has 0 heterocycles. The van der Waals surface area contributed by atoms with Crippen LogP contribution in [-0.4, -0.2) is 6.61 Å². The van der Waals surface area contributed by atoms with E-state index in [1.807, 2.05) is 6.92 Å². The zero-order valence-electron chi connectivity index (χ0n) is 10.0. The van der Waals surface area contributed by atoms with Gasteiger partial charge in [0.25, 0.3) is 0 Å². The molecule has 0 amide bonds. The van der Waals surface area contributed by atoms with E-state index in [1.54, 1.807) is 30.3 Å². The fourth-order valence-corrected chi connectivity index (χ4v) is 1.54. The lowest BCUT2D eigenvalue weighted by Gasteiger charge is -2.09. The van der Waals surface area contributed by atoms with Crippen molar-refractivity contribution >= 4 is 5.69 Å². The van der Waals surface area contributed by atoms with Crippen molar-refractivity contribution < 1.29 is 13.9 Å². The highest BCUT2D eigenvalue weighted by Gasteiger charge is 2.02. The lowest BCUT2D eigenvalue weighted by Crippen LogP contribution is -1.94. The van der Waals surface area contributed by atoms with Crippen LogP contribution in [0.15, 0.2) is 42.5 Å². The molecule has 0 saturated heterocycles. The summed E-state index contributed by atoms with van der Waals surface area (Å²) < 4.78 is 23.7. The van der Waals surface area contributed by atoms with Gasteiger partial charge in [-0.15, -0.1) is 0 Å². The first-order valence-corrected chi connectivity index (χ1v) is 5.64. The van der Waals surface area contributed by atoms with E-state index in [9.17, 15) is 4.39 Å². The van der Waals surface area contributed by atoms with Crippen LogP contribution in [0.5, 0.6) is 17.2 Å². The van der Waals surface area contributed by atoms with E-state index >= 15 is 0 Å². The molecule has 0 fully saturated rings. The molecule has 0 unspecified atom stereocenters. The number of nitrogen functional groups attached to an aromatic ring is 1. The van der Waals surface area contributed by atoms with Gasteiger partial charge in [-0.2, -0.15) is 0 Å². The highest BCUT2D eigenvalue weighted by atomic mass is 19.1. The average molecular weight is 247 g/mol. The highest BCUT2D eigenvalue weighted by molar-refractivity contribution is 5.51. The van der Waals surface area contributed by atoms with E-state index in [-0.39, 0.29) is 5.82 Å². The average Bonchev–Trinajstić information content (AvgIpc) is 2.32. The minimum absolute atomic E-state index is 0.301. The summed E-state index contributed by atoms with van der Waals surface area (Å²) in [5.41, 5.74) is 6.30. The molecule has 0 spiro atoms. The Labute approximate surface area is 105 Å². The number of rotatable bonds is 4. The Morgan fingerprint density at radius 2 is 1.67 bits per heavy atom. The van der Waals surface area contributed by atoms with Gasteiger partial charge in [0.2, 0.25) is 0 Å². The molecule has 0 aromatic heterocycles. The molecule has 0 bridgehead atoms.